The zero-order chi connectivity index (χ0) is 12.0. The molecule has 0 aromatic heterocycles. The van der Waals surface area contributed by atoms with E-state index in [1.165, 1.54) is 6.42 Å². The number of carbonyl (C=O) groups excluding carboxylic acids is 1. The molecule has 0 bridgehead atoms. The van der Waals surface area contributed by atoms with Crippen molar-refractivity contribution in [3.8, 4) is 0 Å². The Morgan fingerprint density at radius 3 is 2.50 bits per heavy atom. The molecule has 0 saturated carbocycles. The van der Waals surface area contributed by atoms with Gasteiger partial charge < -0.3 is 4.90 Å². The molecular formula is C13H24BrNO. The zero-order valence-corrected chi connectivity index (χ0v) is 12.1. The second kappa shape index (κ2) is 7.31. The van der Waals surface area contributed by atoms with Crippen LogP contribution in [0.4, 0.5) is 0 Å². The number of amides is 1. The second-order valence-electron chi connectivity index (χ2n) is 4.80. The second-order valence-corrected chi connectivity index (χ2v) is 6.09. The van der Waals surface area contributed by atoms with E-state index in [2.05, 4.69) is 34.7 Å². The summed E-state index contributed by atoms with van der Waals surface area (Å²) in [6, 6.07) is 0. The fraction of sp³-hybridized carbons (Fsp3) is 0.923. The van der Waals surface area contributed by atoms with E-state index in [0.717, 1.165) is 45.2 Å². The smallest absolute Gasteiger partial charge is 0.225 e. The molecule has 1 atom stereocenters. The first-order valence-corrected chi connectivity index (χ1v) is 7.53. The van der Waals surface area contributed by atoms with Crippen molar-refractivity contribution >= 4 is 21.8 Å². The SMILES string of the molecule is CCCC(CCC)C(=O)N1CCCC(Br)C1. The molecule has 3 heteroatoms. The molecule has 94 valence electrons. The Bertz CT molecular complexity index is 207. The van der Waals surface area contributed by atoms with Crippen LogP contribution in [0.2, 0.25) is 0 Å². The van der Waals surface area contributed by atoms with Crippen LogP contribution in [0.5, 0.6) is 0 Å². The minimum Gasteiger partial charge on any atom is -0.341 e. The lowest BCUT2D eigenvalue weighted by Gasteiger charge is -2.33. The lowest BCUT2D eigenvalue weighted by atomic mass is 9.95. The van der Waals surface area contributed by atoms with Crippen molar-refractivity contribution in [2.75, 3.05) is 13.1 Å². The summed E-state index contributed by atoms with van der Waals surface area (Å²) in [6.07, 6.45) is 6.68. The molecule has 1 fully saturated rings. The Kier molecular flexibility index (Phi) is 6.40. The van der Waals surface area contributed by atoms with E-state index >= 15 is 0 Å². The van der Waals surface area contributed by atoms with E-state index in [-0.39, 0.29) is 5.92 Å². The standard InChI is InChI=1S/C13H24BrNO/c1-3-6-11(7-4-2)13(16)15-9-5-8-12(14)10-15/h11-12H,3-10H2,1-2H3. The van der Waals surface area contributed by atoms with Gasteiger partial charge in [0, 0.05) is 23.8 Å². The summed E-state index contributed by atoms with van der Waals surface area (Å²) < 4.78 is 0. The molecule has 1 unspecified atom stereocenters. The fourth-order valence-electron chi connectivity index (χ4n) is 2.47. The molecule has 0 aromatic rings. The number of hydrogen-bond acceptors (Lipinski definition) is 1. The van der Waals surface area contributed by atoms with Gasteiger partial charge in [0.1, 0.15) is 0 Å². The first-order valence-electron chi connectivity index (χ1n) is 6.61. The van der Waals surface area contributed by atoms with Gasteiger partial charge in [-0.1, -0.05) is 42.6 Å². The number of rotatable bonds is 5. The first-order chi connectivity index (χ1) is 7.69. The average Bonchev–Trinajstić information content (AvgIpc) is 2.28. The van der Waals surface area contributed by atoms with Crippen molar-refractivity contribution in [3.05, 3.63) is 0 Å². The third kappa shape index (κ3) is 4.08. The molecule has 1 heterocycles. The van der Waals surface area contributed by atoms with Crippen LogP contribution in [0.25, 0.3) is 0 Å². The summed E-state index contributed by atoms with van der Waals surface area (Å²) in [4.78, 5) is 14.9. The van der Waals surface area contributed by atoms with E-state index in [0.29, 0.717) is 10.7 Å². The Morgan fingerprint density at radius 1 is 1.38 bits per heavy atom. The van der Waals surface area contributed by atoms with Gasteiger partial charge in [-0.3, -0.25) is 4.79 Å². The average molecular weight is 290 g/mol. The highest BCUT2D eigenvalue weighted by atomic mass is 79.9. The summed E-state index contributed by atoms with van der Waals surface area (Å²) in [7, 11) is 0. The summed E-state index contributed by atoms with van der Waals surface area (Å²) in [6.45, 7) is 6.20. The van der Waals surface area contributed by atoms with Gasteiger partial charge in [-0.25, -0.2) is 0 Å². The minimum absolute atomic E-state index is 0.271. The van der Waals surface area contributed by atoms with Gasteiger partial charge in [0.05, 0.1) is 0 Å². The molecule has 1 aliphatic rings. The van der Waals surface area contributed by atoms with E-state index < -0.39 is 0 Å². The van der Waals surface area contributed by atoms with Gasteiger partial charge in [0.15, 0.2) is 0 Å². The van der Waals surface area contributed by atoms with Crippen LogP contribution in [-0.2, 0) is 4.79 Å². The normalized spacial score (nSPS) is 21.5. The van der Waals surface area contributed by atoms with Crippen LogP contribution in [0, 0.1) is 5.92 Å². The highest BCUT2D eigenvalue weighted by molar-refractivity contribution is 9.09. The largest absolute Gasteiger partial charge is 0.341 e. The molecule has 0 spiro atoms. The summed E-state index contributed by atoms with van der Waals surface area (Å²) >= 11 is 3.63. The van der Waals surface area contributed by atoms with Gasteiger partial charge in [-0.15, -0.1) is 0 Å². The van der Waals surface area contributed by atoms with Crippen LogP contribution in [0.15, 0.2) is 0 Å². The van der Waals surface area contributed by atoms with Crippen LogP contribution >= 0.6 is 15.9 Å². The zero-order valence-electron chi connectivity index (χ0n) is 10.5. The van der Waals surface area contributed by atoms with Crippen LogP contribution in [-0.4, -0.2) is 28.7 Å². The maximum absolute atomic E-state index is 12.3. The van der Waals surface area contributed by atoms with Gasteiger partial charge in [-0.05, 0) is 25.7 Å². The van der Waals surface area contributed by atoms with E-state index in [4.69, 9.17) is 0 Å². The predicted octanol–water partition coefficient (Wildman–Crippen LogP) is 3.59. The van der Waals surface area contributed by atoms with E-state index in [1.807, 2.05) is 0 Å². The van der Waals surface area contributed by atoms with Crippen molar-refractivity contribution in [1.82, 2.24) is 4.90 Å². The Balaban J connectivity index is 2.51. The van der Waals surface area contributed by atoms with Crippen molar-refractivity contribution in [2.45, 2.75) is 57.2 Å². The van der Waals surface area contributed by atoms with Crippen LogP contribution in [0.3, 0.4) is 0 Å². The Hall–Kier alpha value is -0.0500. The van der Waals surface area contributed by atoms with Gasteiger partial charge in [0.2, 0.25) is 5.91 Å². The fourth-order valence-corrected chi connectivity index (χ4v) is 3.15. The number of piperidine rings is 1. The molecule has 1 rings (SSSR count). The molecule has 16 heavy (non-hydrogen) atoms. The summed E-state index contributed by atoms with van der Waals surface area (Å²) in [5.41, 5.74) is 0. The quantitative estimate of drug-likeness (QED) is 0.709. The molecule has 1 aliphatic heterocycles. The number of carbonyl (C=O) groups is 1. The Morgan fingerprint density at radius 2 is 2.00 bits per heavy atom. The first kappa shape index (κ1) is 14.0. The van der Waals surface area contributed by atoms with E-state index in [9.17, 15) is 4.79 Å². The van der Waals surface area contributed by atoms with Crippen molar-refractivity contribution in [2.24, 2.45) is 5.92 Å². The molecular weight excluding hydrogens is 266 g/mol. The van der Waals surface area contributed by atoms with Gasteiger partial charge >= 0.3 is 0 Å². The predicted molar refractivity (Wildman–Crippen MR) is 71.8 cm³/mol. The van der Waals surface area contributed by atoms with Crippen LogP contribution < -0.4 is 0 Å². The topological polar surface area (TPSA) is 20.3 Å². The lowest BCUT2D eigenvalue weighted by molar-refractivity contribution is -0.136. The monoisotopic (exact) mass is 289 g/mol. The number of likely N-dealkylation sites (tertiary alicyclic amines) is 1. The minimum atomic E-state index is 0.271. The maximum Gasteiger partial charge on any atom is 0.225 e. The third-order valence-electron chi connectivity index (χ3n) is 3.30. The number of halogens is 1. The van der Waals surface area contributed by atoms with Crippen molar-refractivity contribution in [3.63, 3.8) is 0 Å². The third-order valence-corrected chi connectivity index (χ3v) is 4.05. The lowest BCUT2D eigenvalue weighted by Crippen LogP contribution is -2.43. The molecule has 1 saturated heterocycles. The summed E-state index contributed by atoms with van der Waals surface area (Å²) in [5.74, 6) is 0.667. The Labute approximate surface area is 108 Å². The van der Waals surface area contributed by atoms with Crippen molar-refractivity contribution < 1.29 is 4.79 Å². The highest BCUT2D eigenvalue weighted by Gasteiger charge is 2.26. The molecule has 0 aromatic carbocycles. The number of nitrogens with zero attached hydrogens (tertiary/aromatic N) is 1. The molecule has 0 aliphatic carbocycles. The molecule has 0 radical (unpaired) electrons. The number of hydrogen-bond donors (Lipinski definition) is 0. The maximum atomic E-state index is 12.3. The molecule has 0 N–H and O–H groups in total. The molecule has 1 amide bonds. The van der Waals surface area contributed by atoms with Crippen LogP contribution in [0.1, 0.15) is 52.4 Å². The highest BCUT2D eigenvalue weighted by Crippen LogP contribution is 2.22. The van der Waals surface area contributed by atoms with Gasteiger partial charge in [-0.2, -0.15) is 0 Å². The van der Waals surface area contributed by atoms with E-state index in [1.54, 1.807) is 0 Å². The van der Waals surface area contributed by atoms with Gasteiger partial charge in [0.25, 0.3) is 0 Å². The number of alkyl halides is 1. The summed E-state index contributed by atoms with van der Waals surface area (Å²) in [5, 5.41) is 0. The molecule has 2 nitrogen and oxygen atoms in total. The van der Waals surface area contributed by atoms with Crippen molar-refractivity contribution in [1.29, 1.82) is 0 Å².